The fourth-order valence-corrected chi connectivity index (χ4v) is 0.286. The molecule has 0 atom stereocenters. The van der Waals surface area contributed by atoms with Crippen molar-refractivity contribution in [2.45, 2.75) is 13.8 Å². The normalized spacial score (nSPS) is 10.0. The number of carbonyl (C=O) groups excluding carboxylic acids is 1. The SMILES string of the molecule is CC(=O)/C=C(\C)[O-].[Cs+]. The van der Waals surface area contributed by atoms with Gasteiger partial charge in [-0.1, -0.05) is 6.92 Å². The van der Waals surface area contributed by atoms with Gasteiger partial charge in [-0.3, -0.25) is 4.79 Å². The fourth-order valence-electron chi connectivity index (χ4n) is 0.286. The number of allylic oxidation sites excluding steroid dienone is 2. The number of carbonyl (C=O) groups is 1. The van der Waals surface area contributed by atoms with Gasteiger partial charge in [-0.25, -0.2) is 0 Å². The largest absolute Gasteiger partial charge is 1.00 e. The van der Waals surface area contributed by atoms with Gasteiger partial charge in [-0.15, -0.1) is 5.76 Å². The van der Waals surface area contributed by atoms with Crippen molar-refractivity contribution in [1.82, 2.24) is 0 Å². The Labute approximate surface area is 108 Å². The Kier molecular flexibility index (Phi) is 9.57. The summed E-state index contributed by atoms with van der Waals surface area (Å²) in [6.07, 6.45) is 1.06. The van der Waals surface area contributed by atoms with Crippen molar-refractivity contribution in [3.05, 3.63) is 11.8 Å². The van der Waals surface area contributed by atoms with E-state index in [9.17, 15) is 9.90 Å². The summed E-state index contributed by atoms with van der Waals surface area (Å²) >= 11 is 0. The summed E-state index contributed by atoms with van der Waals surface area (Å²) < 4.78 is 0. The molecule has 0 unspecified atom stereocenters. The quantitative estimate of drug-likeness (QED) is 0.353. The van der Waals surface area contributed by atoms with E-state index in [0.717, 1.165) is 6.08 Å². The molecular weight excluding hydrogens is 225 g/mol. The minimum absolute atomic E-state index is 0. The molecule has 0 N–H and O–H groups in total. The van der Waals surface area contributed by atoms with Crippen molar-refractivity contribution in [3.8, 4) is 0 Å². The van der Waals surface area contributed by atoms with Crippen LogP contribution < -0.4 is 74.0 Å². The Morgan fingerprint density at radius 2 is 1.88 bits per heavy atom. The molecule has 0 aromatic rings. The second kappa shape index (κ2) is 6.38. The van der Waals surface area contributed by atoms with Crippen LogP contribution in [0.2, 0.25) is 0 Å². The zero-order valence-corrected chi connectivity index (χ0v) is 11.7. The predicted molar refractivity (Wildman–Crippen MR) is 24.4 cm³/mol. The molecule has 0 amide bonds. The summed E-state index contributed by atoms with van der Waals surface area (Å²) in [5.74, 6) is -0.375. The first-order valence-electron chi connectivity index (χ1n) is 1.99. The molecule has 0 heterocycles. The number of ketones is 1. The van der Waals surface area contributed by atoms with E-state index in [4.69, 9.17) is 0 Å². The van der Waals surface area contributed by atoms with Crippen LogP contribution in [0.5, 0.6) is 0 Å². The summed E-state index contributed by atoms with van der Waals surface area (Å²) in [6, 6.07) is 0. The molecular formula is C5H7CsO2. The number of hydrogen-bond acceptors (Lipinski definition) is 2. The van der Waals surface area contributed by atoms with Gasteiger partial charge in [0.1, 0.15) is 0 Å². The number of hydrogen-bond donors (Lipinski definition) is 0. The number of rotatable bonds is 1. The van der Waals surface area contributed by atoms with Crippen LogP contribution in [-0.4, -0.2) is 5.78 Å². The average molecular weight is 232 g/mol. The van der Waals surface area contributed by atoms with Gasteiger partial charge in [0.2, 0.25) is 0 Å². The van der Waals surface area contributed by atoms with E-state index < -0.39 is 0 Å². The van der Waals surface area contributed by atoms with E-state index in [-0.39, 0.29) is 80.4 Å². The fraction of sp³-hybridized carbons (Fsp3) is 0.400. The molecule has 0 aliphatic carbocycles. The molecule has 0 aliphatic rings. The molecule has 0 fully saturated rings. The van der Waals surface area contributed by atoms with Crippen molar-refractivity contribution in [3.63, 3.8) is 0 Å². The molecule has 0 aromatic carbocycles. The van der Waals surface area contributed by atoms with E-state index in [0.29, 0.717) is 0 Å². The zero-order chi connectivity index (χ0) is 5.86. The van der Waals surface area contributed by atoms with Crippen molar-refractivity contribution in [1.29, 1.82) is 0 Å². The molecule has 0 rings (SSSR count). The van der Waals surface area contributed by atoms with Gasteiger partial charge in [-0.2, -0.15) is 0 Å². The molecule has 0 aromatic heterocycles. The minimum Gasteiger partial charge on any atom is -0.876 e. The molecule has 0 aliphatic heterocycles. The van der Waals surface area contributed by atoms with Gasteiger partial charge in [0.05, 0.1) is 0 Å². The van der Waals surface area contributed by atoms with Crippen molar-refractivity contribution < 1.29 is 78.8 Å². The van der Waals surface area contributed by atoms with Crippen LogP contribution in [0, 0.1) is 0 Å². The topological polar surface area (TPSA) is 40.1 Å². The molecule has 0 saturated heterocycles. The first-order chi connectivity index (χ1) is 3.13. The second-order valence-corrected chi connectivity index (χ2v) is 1.37. The molecule has 40 valence electrons. The Morgan fingerprint density at radius 1 is 1.50 bits per heavy atom. The average Bonchev–Trinajstić information content (AvgIpc) is 1.27. The van der Waals surface area contributed by atoms with E-state index in [1.54, 1.807) is 0 Å². The molecule has 8 heavy (non-hydrogen) atoms. The van der Waals surface area contributed by atoms with Crippen LogP contribution in [0.15, 0.2) is 11.8 Å². The van der Waals surface area contributed by atoms with Crippen LogP contribution in [0.25, 0.3) is 0 Å². The second-order valence-electron chi connectivity index (χ2n) is 1.37. The van der Waals surface area contributed by atoms with E-state index >= 15 is 0 Å². The summed E-state index contributed by atoms with van der Waals surface area (Å²) in [4.78, 5) is 9.98. The first kappa shape index (κ1) is 12.0. The van der Waals surface area contributed by atoms with Crippen molar-refractivity contribution >= 4 is 5.78 Å². The molecule has 3 heteroatoms. The third kappa shape index (κ3) is 10.3. The van der Waals surface area contributed by atoms with Crippen molar-refractivity contribution in [2.75, 3.05) is 0 Å². The summed E-state index contributed by atoms with van der Waals surface area (Å²) in [7, 11) is 0. The molecule has 0 bridgehead atoms. The Morgan fingerprint density at radius 3 is 1.88 bits per heavy atom. The van der Waals surface area contributed by atoms with Gasteiger partial charge in [-0.05, 0) is 13.0 Å². The van der Waals surface area contributed by atoms with E-state index in [1.807, 2.05) is 0 Å². The van der Waals surface area contributed by atoms with Crippen LogP contribution in [0.1, 0.15) is 13.8 Å². The third-order valence-corrected chi connectivity index (χ3v) is 0.407. The van der Waals surface area contributed by atoms with E-state index in [1.165, 1.54) is 13.8 Å². The smallest absolute Gasteiger partial charge is 0.876 e. The minimum atomic E-state index is -0.187. The molecule has 0 spiro atoms. The maximum absolute atomic E-state index is 9.98. The Bertz CT molecular complexity index is 103. The molecule has 0 saturated carbocycles. The summed E-state index contributed by atoms with van der Waals surface area (Å²) in [6.45, 7) is 2.70. The third-order valence-electron chi connectivity index (χ3n) is 0.407. The summed E-state index contributed by atoms with van der Waals surface area (Å²) in [5, 5.41) is 9.98. The van der Waals surface area contributed by atoms with Crippen molar-refractivity contribution in [2.24, 2.45) is 0 Å². The van der Waals surface area contributed by atoms with Crippen LogP contribution in [0.3, 0.4) is 0 Å². The summed E-state index contributed by atoms with van der Waals surface area (Å²) in [5.41, 5.74) is 0. The maximum atomic E-state index is 9.98. The monoisotopic (exact) mass is 232 g/mol. The Hall–Kier alpha value is 1.26. The van der Waals surface area contributed by atoms with Crippen LogP contribution in [0.4, 0.5) is 0 Å². The Balaban J connectivity index is 0. The standard InChI is InChI=1S/C5H8O2.Cs/c1-4(6)3-5(2)7;/h3,6H,1-2H3;/q;+1/p-1/b4-3+;. The van der Waals surface area contributed by atoms with Gasteiger partial charge in [0, 0.05) is 0 Å². The molecule has 2 nitrogen and oxygen atoms in total. The molecule has 0 radical (unpaired) electrons. The van der Waals surface area contributed by atoms with Gasteiger partial charge in [0.15, 0.2) is 5.78 Å². The first-order valence-corrected chi connectivity index (χ1v) is 1.99. The zero-order valence-electron chi connectivity index (χ0n) is 5.39. The van der Waals surface area contributed by atoms with Gasteiger partial charge < -0.3 is 5.11 Å². The predicted octanol–water partition coefficient (Wildman–Crippen LogP) is -3.16. The van der Waals surface area contributed by atoms with E-state index in [2.05, 4.69) is 0 Å². The van der Waals surface area contributed by atoms with Gasteiger partial charge in [0.25, 0.3) is 0 Å². The van der Waals surface area contributed by atoms with Crippen LogP contribution in [-0.2, 0) is 4.79 Å². The van der Waals surface area contributed by atoms with Crippen LogP contribution >= 0.6 is 0 Å². The van der Waals surface area contributed by atoms with Gasteiger partial charge >= 0.3 is 68.9 Å². The maximum Gasteiger partial charge on any atom is 1.00 e.